The lowest BCUT2D eigenvalue weighted by molar-refractivity contribution is -0.141. The van der Waals surface area contributed by atoms with Crippen molar-refractivity contribution in [2.24, 2.45) is 0 Å². The molecule has 0 aliphatic carbocycles. The first kappa shape index (κ1) is 26.7. The normalized spacial score (nSPS) is 10.8. The summed E-state index contributed by atoms with van der Waals surface area (Å²) in [5.74, 6) is 3.84. The smallest absolute Gasteiger partial charge is 0.306 e. The van der Waals surface area contributed by atoms with Gasteiger partial charge in [-0.15, -0.1) is 23.5 Å². The highest BCUT2D eigenvalue weighted by atomic mass is 32.2. The molecule has 0 heterocycles. The second-order valence-corrected chi connectivity index (χ2v) is 10.6. The zero-order chi connectivity index (χ0) is 23.7. The van der Waals surface area contributed by atoms with Gasteiger partial charge >= 0.3 is 5.97 Å². The minimum atomic E-state index is -0.151. The molecule has 0 fully saturated rings. The van der Waals surface area contributed by atoms with Crippen molar-refractivity contribution in [2.45, 2.75) is 29.2 Å². The number of esters is 1. The number of rotatable bonds is 16. The van der Waals surface area contributed by atoms with E-state index in [-0.39, 0.29) is 5.97 Å². The molecule has 34 heavy (non-hydrogen) atoms. The average molecular weight is 511 g/mol. The lowest BCUT2D eigenvalue weighted by Gasteiger charge is -2.10. The maximum absolute atomic E-state index is 12.1. The fraction of sp³-hybridized carbons (Fsp3) is 0.321. The van der Waals surface area contributed by atoms with Gasteiger partial charge in [0, 0.05) is 34.3 Å². The molecule has 0 aliphatic rings. The quantitative estimate of drug-likeness (QED) is 0.0924. The van der Waals surface area contributed by atoms with E-state index in [4.69, 9.17) is 9.47 Å². The topological polar surface area (TPSA) is 35.5 Å². The Bertz CT molecular complexity index is 951. The van der Waals surface area contributed by atoms with Crippen LogP contribution in [0.2, 0.25) is 0 Å². The van der Waals surface area contributed by atoms with Crippen LogP contribution in [0.25, 0.3) is 0 Å². The average Bonchev–Trinajstić information content (AvgIpc) is 2.89. The Balaban J connectivity index is 1.20. The number of ether oxygens (including phenoxy) is 2. The SMILES string of the molecule is O=C(CCc1ccccc1CSc1[c]cccc1)OCSCCOCCSCc1[c]cccc1. The lowest BCUT2D eigenvalue weighted by atomic mass is 10.0. The maximum Gasteiger partial charge on any atom is 0.306 e. The van der Waals surface area contributed by atoms with Crippen LogP contribution in [0.3, 0.4) is 0 Å². The second kappa shape index (κ2) is 16.7. The Hall–Kier alpha value is -1.86. The Labute approximate surface area is 216 Å². The van der Waals surface area contributed by atoms with Crippen LogP contribution in [0.4, 0.5) is 0 Å². The van der Waals surface area contributed by atoms with Crippen LogP contribution >= 0.6 is 35.3 Å². The van der Waals surface area contributed by atoms with Crippen LogP contribution in [0.15, 0.2) is 77.7 Å². The summed E-state index contributed by atoms with van der Waals surface area (Å²) in [6, 6.07) is 30.8. The van der Waals surface area contributed by atoms with Crippen LogP contribution in [-0.4, -0.2) is 36.6 Å². The molecule has 3 rings (SSSR count). The van der Waals surface area contributed by atoms with Crippen molar-refractivity contribution in [1.29, 1.82) is 0 Å². The van der Waals surface area contributed by atoms with Gasteiger partial charge in [0.25, 0.3) is 0 Å². The van der Waals surface area contributed by atoms with Crippen molar-refractivity contribution in [3.8, 4) is 0 Å². The largest absolute Gasteiger partial charge is 0.455 e. The molecule has 0 saturated heterocycles. The van der Waals surface area contributed by atoms with E-state index < -0.39 is 0 Å². The molecule has 178 valence electrons. The first-order valence-corrected chi connectivity index (χ1v) is 14.6. The standard InChI is InChI=1S/C28H30O3S3/c29-28(31-23-33-20-18-30-17-19-32-21-24-9-3-1-4-10-24)16-15-25-11-7-8-12-26(25)22-34-27-13-5-2-6-14-27/h1-9,11-13H,15-23H2. The summed E-state index contributed by atoms with van der Waals surface area (Å²) in [4.78, 5) is 13.3. The summed E-state index contributed by atoms with van der Waals surface area (Å²) in [6.45, 7) is 1.40. The van der Waals surface area contributed by atoms with Gasteiger partial charge in [-0.25, -0.2) is 0 Å². The molecule has 0 atom stereocenters. The van der Waals surface area contributed by atoms with Crippen LogP contribution in [0.1, 0.15) is 23.1 Å². The number of aryl methyl sites for hydroxylation is 1. The molecule has 0 aliphatic heterocycles. The zero-order valence-electron chi connectivity index (χ0n) is 19.2. The van der Waals surface area contributed by atoms with Gasteiger partial charge in [-0.05, 0) is 41.3 Å². The van der Waals surface area contributed by atoms with E-state index in [0.717, 1.165) is 34.5 Å². The van der Waals surface area contributed by atoms with E-state index in [2.05, 4.69) is 36.4 Å². The molecular formula is C28H30O3S3. The van der Waals surface area contributed by atoms with Gasteiger partial charge in [0.1, 0.15) is 5.94 Å². The molecule has 2 radical (unpaired) electrons. The minimum Gasteiger partial charge on any atom is -0.455 e. The molecule has 0 saturated carbocycles. The Morgan fingerprint density at radius 1 is 0.794 bits per heavy atom. The van der Waals surface area contributed by atoms with Gasteiger partial charge in [-0.2, -0.15) is 11.8 Å². The van der Waals surface area contributed by atoms with Crippen molar-refractivity contribution in [2.75, 3.05) is 30.7 Å². The van der Waals surface area contributed by atoms with Crippen LogP contribution in [0.5, 0.6) is 0 Å². The molecule has 0 spiro atoms. The van der Waals surface area contributed by atoms with E-state index >= 15 is 0 Å². The number of thioether (sulfide) groups is 3. The summed E-state index contributed by atoms with van der Waals surface area (Å²) < 4.78 is 11.0. The van der Waals surface area contributed by atoms with E-state index in [9.17, 15) is 4.79 Å². The Morgan fingerprint density at radius 2 is 1.53 bits per heavy atom. The molecule has 0 N–H and O–H groups in total. The first-order valence-electron chi connectivity index (χ1n) is 11.3. The van der Waals surface area contributed by atoms with Gasteiger partial charge in [0.15, 0.2) is 0 Å². The van der Waals surface area contributed by atoms with Gasteiger partial charge < -0.3 is 9.47 Å². The van der Waals surface area contributed by atoms with Gasteiger partial charge in [-0.1, -0.05) is 66.7 Å². The molecule has 3 aromatic rings. The van der Waals surface area contributed by atoms with Crippen LogP contribution < -0.4 is 0 Å². The minimum absolute atomic E-state index is 0.151. The van der Waals surface area contributed by atoms with Crippen molar-refractivity contribution < 1.29 is 14.3 Å². The third-order valence-electron chi connectivity index (χ3n) is 4.86. The fourth-order valence-electron chi connectivity index (χ4n) is 3.08. The summed E-state index contributed by atoms with van der Waals surface area (Å²) in [7, 11) is 0. The highest BCUT2D eigenvalue weighted by Crippen LogP contribution is 2.24. The van der Waals surface area contributed by atoms with Gasteiger partial charge in [0.05, 0.1) is 13.2 Å². The van der Waals surface area contributed by atoms with Crippen molar-refractivity contribution in [1.82, 2.24) is 0 Å². The van der Waals surface area contributed by atoms with Crippen molar-refractivity contribution in [3.63, 3.8) is 0 Å². The predicted octanol–water partition coefficient (Wildman–Crippen LogP) is 6.70. The number of benzene rings is 3. The monoisotopic (exact) mass is 510 g/mol. The maximum atomic E-state index is 12.1. The summed E-state index contributed by atoms with van der Waals surface area (Å²) in [6.07, 6.45) is 1.09. The summed E-state index contributed by atoms with van der Waals surface area (Å²) in [5, 5.41) is 0. The number of hydrogen-bond acceptors (Lipinski definition) is 6. The van der Waals surface area contributed by atoms with Crippen LogP contribution in [0, 0.1) is 12.1 Å². The van der Waals surface area contributed by atoms with Gasteiger partial charge in [-0.3, -0.25) is 4.79 Å². The molecule has 6 heteroatoms. The number of carbonyl (C=O) groups excluding carboxylic acids is 1. The fourth-order valence-corrected chi connectivity index (χ4v) is 5.35. The van der Waals surface area contributed by atoms with Crippen molar-refractivity contribution >= 4 is 41.3 Å². The first-order chi connectivity index (χ1) is 16.8. The highest BCUT2D eigenvalue weighted by molar-refractivity contribution is 7.99. The van der Waals surface area contributed by atoms with Gasteiger partial charge in [0.2, 0.25) is 0 Å². The van der Waals surface area contributed by atoms with E-state index in [0.29, 0.717) is 25.4 Å². The van der Waals surface area contributed by atoms with Crippen molar-refractivity contribution in [3.05, 3.63) is 102 Å². The van der Waals surface area contributed by atoms with E-state index in [1.54, 1.807) is 23.5 Å². The molecule has 0 bridgehead atoms. The summed E-state index contributed by atoms with van der Waals surface area (Å²) >= 11 is 5.19. The lowest BCUT2D eigenvalue weighted by Crippen LogP contribution is -2.08. The number of carbonyl (C=O) groups is 1. The highest BCUT2D eigenvalue weighted by Gasteiger charge is 2.08. The van der Waals surface area contributed by atoms with E-state index in [1.807, 2.05) is 60.3 Å². The van der Waals surface area contributed by atoms with Crippen LogP contribution in [-0.2, 0) is 32.2 Å². The molecule has 0 aromatic heterocycles. The Kier molecular flexibility index (Phi) is 13.1. The predicted molar refractivity (Wildman–Crippen MR) is 145 cm³/mol. The molecule has 0 unspecified atom stereocenters. The molecule has 3 aromatic carbocycles. The summed E-state index contributed by atoms with van der Waals surface area (Å²) in [5.41, 5.74) is 3.68. The molecule has 0 amide bonds. The van der Waals surface area contributed by atoms with E-state index in [1.165, 1.54) is 16.7 Å². The second-order valence-electron chi connectivity index (χ2n) is 7.38. The third-order valence-corrected chi connectivity index (χ3v) is 7.59. The third kappa shape index (κ3) is 11.0. The molecule has 3 nitrogen and oxygen atoms in total. The molecular weight excluding hydrogens is 481 g/mol. The Morgan fingerprint density at radius 3 is 2.29 bits per heavy atom. The number of hydrogen-bond donors (Lipinski definition) is 0. The zero-order valence-corrected chi connectivity index (χ0v) is 21.7.